The molecule has 7 nitrogen and oxygen atoms in total. The highest BCUT2D eigenvalue weighted by Gasteiger charge is 2.13. The van der Waals surface area contributed by atoms with Crippen molar-refractivity contribution in [1.29, 1.82) is 0 Å². The molecule has 5 N–H and O–H groups in total. The fourth-order valence-corrected chi connectivity index (χ4v) is 4.30. The van der Waals surface area contributed by atoms with E-state index < -0.39 is 15.7 Å². The molecule has 2 rings (SSSR count). The molecular formula is C12H16N4O3S2. The van der Waals surface area contributed by atoms with Crippen molar-refractivity contribution in [2.45, 2.75) is 11.6 Å². The average Bonchev–Trinajstić information content (AvgIpc) is 2.78. The van der Waals surface area contributed by atoms with Crippen LogP contribution in [0.1, 0.15) is 6.42 Å². The number of rotatable bonds is 7. The molecule has 1 heterocycles. The van der Waals surface area contributed by atoms with Gasteiger partial charge in [0.1, 0.15) is 0 Å². The van der Waals surface area contributed by atoms with E-state index in [0.29, 0.717) is 16.6 Å². The second-order valence-electron chi connectivity index (χ2n) is 4.54. The quantitative estimate of drug-likeness (QED) is 0.501. The molecule has 0 unspecified atom stereocenters. The van der Waals surface area contributed by atoms with Gasteiger partial charge in [-0.05, 0) is 18.2 Å². The maximum Gasteiger partial charge on any atom is 0.218 e. The summed E-state index contributed by atoms with van der Waals surface area (Å²) in [7, 11) is -3.27. The number of H-pyrrole nitrogens is 1. The highest BCUT2D eigenvalue weighted by molar-refractivity contribution is 8.00. The van der Waals surface area contributed by atoms with Crippen LogP contribution in [0.3, 0.4) is 0 Å². The van der Waals surface area contributed by atoms with Crippen molar-refractivity contribution >= 4 is 44.2 Å². The molecule has 0 spiro atoms. The van der Waals surface area contributed by atoms with E-state index >= 15 is 0 Å². The van der Waals surface area contributed by atoms with E-state index in [1.54, 1.807) is 18.2 Å². The summed E-state index contributed by atoms with van der Waals surface area (Å²) < 4.78 is 23.3. The first-order valence-electron chi connectivity index (χ1n) is 6.22. The second kappa shape index (κ2) is 6.35. The van der Waals surface area contributed by atoms with Gasteiger partial charge in [0.15, 0.2) is 15.0 Å². The monoisotopic (exact) mass is 328 g/mol. The number of sulfone groups is 1. The number of nitrogens with two attached hydrogens (primary N) is 2. The summed E-state index contributed by atoms with van der Waals surface area (Å²) in [6, 6.07) is 5.33. The lowest BCUT2D eigenvalue weighted by molar-refractivity contribution is -0.117. The summed E-state index contributed by atoms with van der Waals surface area (Å²) in [5.74, 6) is -0.485. The molecular weight excluding hydrogens is 312 g/mol. The SMILES string of the molecule is NC(=O)CCS(=O)(=O)CCSc1nc2ccc(N)cc2[nH]1. The molecule has 114 valence electrons. The lowest BCUT2D eigenvalue weighted by Gasteiger charge is -2.01. The largest absolute Gasteiger partial charge is 0.399 e. The van der Waals surface area contributed by atoms with Crippen LogP contribution in [-0.4, -0.2) is 41.6 Å². The fourth-order valence-electron chi connectivity index (χ4n) is 1.70. The van der Waals surface area contributed by atoms with Crippen molar-refractivity contribution in [2.24, 2.45) is 5.73 Å². The normalized spacial score (nSPS) is 11.8. The van der Waals surface area contributed by atoms with Gasteiger partial charge in [-0.1, -0.05) is 11.8 Å². The molecule has 0 aliphatic carbocycles. The van der Waals surface area contributed by atoms with Crippen LogP contribution in [0, 0.1) is 0 Å². The number of hydrogen-bond acceptors (Lipinski definition) is 6. The Morgan fingerprint density at radius 1 is 1.33 bits per heavy atom. The number of fused-ring (bicyclic) bond motifs is 1. The van der Waals surface area contributed by atoms with E-state index in [1.807, 2.05) is 0 Å². The van der Waals surface area contributed by atoms with Crippen molar-refractivity contribution in [3.05, 3.63) is 18.2 Å². The van der Waals surface area contributed by atoms with Crippen LogP contribution in [0.5, 0.6) is 0 Å². The Bertz CT molecular complexity index is 755. The number of nitrogen functional groups attached to an aromatic ring is 1. The third-order valence-electron chi connectivity index (χ3n) is 2.78. The number of hydrogen-bond donors (Lipinski definition) is 3. The molecule has 0 fully saturated rings. The number of carbonyl (C=O) groups is 1. The molecule has 0 radical (unpaired) electrons. The van der Waals surface area contributed by atoms with Gasteiger partial charge in [-0.25, -0.2) is 13.4 Å². The molecule has 0 atom stereocenters. The Kier molecular flexibility index (Phi) is 4.73. The first-order chi connectivity index (χ1) is 9.85. The Balaban J connectivity index is 1.91. The van der Waals surface area contributed by atoms with Crippen LogP contribution >= 0.6 is 11.8 Å². The summed E-state index contributed by atoms with van der Waals surface area (Å²) in [4.78, 5) is 18.0. The van der Waals surface area contributed by atoms with Gasteiger partial charge in [0.2, 0.25) is 5.91 Å². The smallest absolute Gasteiger partial charge is 0.218 e. The van der Waals surface area contributed by atoms with Crippen molar-refractivity contribution in [1.82, 2.24) is 9.97 Å². The number of thioether (sulfide) groups is 1. The van der Waals surface area contributed by atoms with E-state index in [9.17, 15) is 13.2 Å². The Hall–Kier alpha value is -1.74. The summed E-state index contributed by atoms with van der Waals surface area (Å²) in [5, 5.41) is 0.640. The van der Waals surface area contributed by atoms with E-state index in [4.69, 9.17) is 11.5 Å². The maximum absolute atomic E-state index is 11.7. The molecule has 0 saturated carbocycles. The highest BCUT2D eigenvalue weighted by Crippen LogP contribution is 2.21. The first-order valence-corrected chi connectivity index (χ1v) is 9.03. The zero-order valence-corrected chi connectivity index (χ0v) is 12.8. The number of primary amides is 1. The van der Waals surface area contributed by atoms with Crippen LogP contribution in [0.2, 0.25) is 0 Å². The molecule has 21 heavy (non-hydrogen) atoms. The number of imidazole rings is 1. The average molecular weight is 328 g/mol. The van der Waals surface area contributed by atoms with Gasteiger partial charge in [-0.15, -0.1) is 0 Å². The number of nitrogens with one attached hydrogen (secondary N) is 1. The number of benzene rings is 1. The number of aromatic nitrogens is 2. The Morgan fingerprint density at radius 3 is 2.81 bits per heavy atom. The summed E-state index contributed by atoms with van der Waals surface area (Å²) in [6.07, 6.45) is -0.142. The predicted octanol–water partition coefficient (Wildman–Crippen LogP) is 0.527. The summed E-state index contributed by atoms with van der Waals surface area (Å²) in [6.45, 7) is 0. The van der Waals surface area contributed by atoms with Crippen molar-refractivity contribution in [3.8, 4) is 0 Å². The van der Waals surface area contributed by atoms with Crippen LogP contribution in [0.4, 0.5) is 5.69 Å². The van der Waals surface area contributed by atoms with Crippen molar-refractivity contribution < 1.29 is 13.2 Å². The standard InChI is InChI=1S/C12H16N4O3S2/c13-8-1-2-9-10(7-8)16-12(15-9)20-4-6-21(18,19)5-3-11(14)17/h1-2,7H,3-6,13H2,(H2,14,17)(H,15,16). The molecule has 1 aromatic heterocycles. The molecule has 0 bridgehead atoms. The molecule has 1 aromatic carbocycles. The summed E-state index contributed by atoms with van der Waals surface area (Å²) >= 11 is 1.31. The molecule has 2 aromatic rings. The molecule has 9 heteroatoms. The number of nitrogens with zero attached hydrogens (tertiary/aromatic N) is 1. The molecule has 0 saturated heterocycles. The van der Waals surface area contributed by atoms with Gasteiger partial charge in [0.05, 0.1) is 22.5 Å². The second-order valence-corrected chi connectivity index (χ2v) is 7.92. The topological polar surface area (TPSA) is 132 Å². The van der Waals surface area contributed by atoms with Crippen LogP contribution in [0.15, 0.2) is 23.4 Å². The zero-order chi connectivity index (χ0) is 15.5. The van der Waals surface area contributed by atoms with Gasteiger partial charge in [-0.2, -0.15) is 0 Å². The highest BCUT2D eigenvalue weighted by atomic mass is 32.2. The number of amides is 1. The minimum absolute atomic E-state index is 0.0237. The van der Waals surface area contributed by atoms with Gasteiger partial charge in [0.25, 0.3) is 0 Å². The Labute approximate surface area is 126 Å². The van der Waals surface area contributed by atoms with Crippen LogP contribution in [-0.2, 0) is 14.6 Å². The fraction of sp³-hybridized carbons (Fsp3) is 0.333. The molecule has 0 aliphatic heterocycles. The van der Waals surface area contributed by atoms with Crippen LogP contribution in [0.25, 0.3) is 11.0 Å². The third-order valence-corrected chi connectivity index (χ3v) is 5.56. The minimum atomic E-state index is -3.27. The van der Waals surface area contributed by atoms with Crippen molar-refractivity contribution in [3.63, 3.8) is 0 Å². The lowest BCUT2D eigenvalue weighted by Crippen LogP contribution is -2.19. The van der Waals surface area contributed by atoms with E-state index in [2.05, 4.69) is 9.97 Å². The Morgan fingerprint density at radius 2 is 2.10 bits per heavy atom. The maximum atomic E-state index is 11.7. The molecule has 1 amide bonds. The van der Waals surface area contributed by atoms with Gasteiger partial charge < -0.3 is 16.5 Å². The van der Waals surface area contributed by atoms with E-state index in [0.717, 1.165) is 11.0 Å². The van der Waals surface area contributed by atoms with E-state index in [1.165, 1.54) is 11.8 Å². The van der Waals surface area contributed by atoms with Gasteiger partial charge in [0, 0.05) is 17.9 Å². The minimum Gasteiger partial charge on any atom is -0.399 e. The van der Waals surface area contributed by atoms with Crippen molar-refractivity contribution in [2.75, 3.05) is 23.0 Å². The van der Waals surface area contributed by atoms with Gasteiger partial charge >= 0.3 is 0 Å². The first kappa shape index (κ1) is 15.6. The molecule has 0 aliphatic rings. The number of aromatic amines is 1. The lowest BCUT2D eigenvalue weighted by atomic mass is 10.3. The van der Waals surface area contributed by atoms with Gasteiger partial charge in [-0.3, -0.25) is 4.79 Å². The zero-order valence-electron chi connectivity index (χ0n) is 11.2. The third kappa shape index (κ3) is 4.64. The number of anilines is 1. The predicted molar refractivity (Wildman–Crippen MR) is 83.7 cm³/mol. The number of carbonyl (C=O) groups excluding carboxylic acids is 1. The van der Waals surface area contributed by atoms with E-state index in [-0.39, 0.29) is 17.9 Å². The summed E-state index contributed by atoms with van der Waals surface area (Å²) in [5.41, 5.74) is 12.8. The van der Waals surface area contributed by atoms with Crippen LogP contribution < -0.4 is 11.5 Å².